The lowest BCUT2D eigenvalue weighted by molar-refractivity contribution is -0.145. The second-order valence-electron chi connectivity index (χ2n) is 5.31. The van der Waals surface area contributed by atoms with Crippen LogP contribution in [0, 0.1) is 24.7 Å². The predicted octanol–water partition coefficient (Wildman–Crippen LogP) is 2.08. The second kappa shape index (κ2) is 5.38. The SMILES string of the molecule is Cc1ccncc1NC(=O)[C@H]1CC(C)C[C@H]1C(=O)O. The number of nitrogens with one attached hydrogen (secondary N) is 1. The van der Waals surface area contributed by atoms with Gasteiger partial charge in [-0.15, -0.1) is 0 Å². The Bertz CT molecular complexity index is 501. The van der Waals surface area contributed by atoms with E-state index in [1.807, 2.05) is 19.9 Å². The number of carbonyl (C=O) groups is 2. The summed E-state index contributed by atoms with van der Waals surface area (Å²) in [5.41, 5.74) is 1.57. The summed E-state index contributed by atoms with van der Waals surface area (Å²) < 4.78 is 0. The Hall–Kier alpha value is -1.91. The van der Waals surface area contributed by atoms with E-state index in [1.54, 1.807) is 12.4 Å². The first-order valence-corrected chi connectivity index (χ1v) is 6.43. The van der Waals surface area contributed by atoms with Gasteiger partial charge in [0.05, 0.1) is 23.7 Å². The molecule has 1 aliphatic rings. The molecule has 5 heteroatoms. The summed E-state index contributed by atoms with van der Waals surface area (Å²) in [6.45, 7) is 3.86. The monoisotopic (exact) mass is 262 g/mol. The maximum absolute atomic E-state index is 12.2. The molecule has 1 aliphatic carbocycles. The van der Waals surface area contributed by atoms with Crippen molar-refractivity contribution in [2.24, 2.45) is 17.8 Å². The van der Waals surface area contributed by atoms with Crippen molar-refractivity contribution in [3.63, 3.8) is 0 Å². The minimum absolute atomic E-state index is 0.215. The summed E-state index contributed by atoms with van der Waals surface area (Å²) in [5.74, 6) is -1.86. The van der Waals surface area contributed by atoms with Gasteiger partial charge in [0.15, 0.2) is 0 Å². The molecule has 19 heavy (non-hydrogen) atoms. The quantitative estimate of drug-likeness (QED) is 0.874. The lowest BCUT2D eigenvalue weighted by Gasteiger charge is -2.16. The van der Waals surface area contributed by atoms with Crippen LogP contribution in [0.4, 0.5) is 5.69 Å². The first kappa shape index (κ1) is 13.5. The molecule has 3 atom stereocenters. The van der Waals surface area contributed by atoms with E-state index in [0.29, 0.717) is 18.5 Å². The zero-order valence-electron chi connectivity index (χ0n) is 11.1. The first-order chi connectivity index (χ1) is 8.99. The standard InChI is InChI=1S/C14H18N2O3/c1-8-5-10(11(6-8)14(18)19)13(17)16-12-7-15-4-3-9(12)2/h3-4,7-8,10-11H,5-6H2,1-2H3,(H,16,17)(H,18,19)/t8?,10-,11+/m0/s1. The largest absolute Gasteiger partial charge is 0.481 e. The Balaban J connectivity index is 2.11. The molecule has 0 spiro atoms. The molecule has 0 saturated heterocycles. The molecule has 2 rings (SSSR count). The molecule has 0 radical (unpaired) electrons. The van der Waals surface area contributed by atoms with Gasteiger partial charge in [-0.3, -0.25) is 14.6 Å². The lowest BCUT2D eigenvalue weighted by atomic mass is 9.95. The zero-order chi connectivity index (χ0) is 14.0. The molecule has 1 saturated carbocycles. The van der Waals surface area contributed by atoms with Crippen molar-refractivity contribution in [3.05, 3.63) is 24.0 Å². The van der Waals surface area contributed by atoms with E-state index in [9.17, 15) is 14.7 Å². The Morgan fingerprint density at radius 3 is 2.68 bits per heavy atom. The smallest absolute Gasteiger partial charge is 0.307 e. The minimum Gasteiger partial charge on any atom is -0.481 e. The second-order valence-corrected chi connectivity index (χ2v) is 5.31. The van der Waals surface area contributed by atoms with Gasteiger partial charge in [-0.25, -0.2) is 0 Å². The molecule has 1 fully saturated rings. The van der Waals surface area contributed by atoms with Crippen LogP contribution in [0.1, 0.15) is 25.3 Å². The Morgan fingerprint density at radius 2 is 2.05 bits per heavy atom. The topological polar surface area (TPSA) is 79.3 Å². The van der Waals surface area contributed by atoms with E-state index in [0.717, 1.165) is 5.56 Å². The van der Waals surface area contributed by atoms with Gasteiger partial charge in [0.2, 0.25) is 5.91 Å². The number of aliphatic carboxylic acids is 1. The highest BCUT2D eigenvalue weighted by Gasteiger charge is 2.41. The van der Waals surface area contributed by atoms with E-state index in [-0.39, 0.29) is 11.8 Å². The fraction of sp³-hybridized carbons (Fsp3) is 0.500. The minimum atomic E-state index is -0.882. The normalized spacial score (nSPS) is 26.1. The van der Waals surface area contributed by atoms with Gasteiger partial charge in [-0.05, 0) is 37.3 Å². The Morgan fingerprint density at radius 1 is 1.37 bits per heavy atom. The summed E-state index contributed by atoms with van der Waals surface area (Å²) in [6, 6.07) is 1.81. The van der Waals surface area contributed by atoms with Gasteiger partial charge in [0.1, 0.15) is 0 Å². The summed E-state index contributed by atoms with van der Waals surface area (Å²) in [5, 5.41) is 12.0. The van der Waals surface area contributed by atoms with E-state index < -0.39 is 17.8 Å². The molecule has 1 aromatic rings. The Labute approximate surface area is 112 Å². The molecule has 1 heterocycles. The number of carbonyl (C=O) groups excluding carboxylic acids is 1. The summed E-state index contributed by atoms with van der Waals surface area (Å²) in [6.07, 6.45) is 4.44. The molecular weight excluding hydrogens is 244 g/mol. The zero-order valence-corrected chi connectivity index (χ0v) is 11.1. The highest BCUT2D eigenvalue weighted by molar-refractivity contribution is 5.95. The molecule has 0 aliphatic heterocycles. The number of carboxylic acid groups (broad SMARTS) is 1. The van der Waals surface area contributed by atoms with Crippen molar-refractivity contribution in [2.75, 3.05) is 5.32 Å². The van der Waals surface area contributed by atoms with Gasteiger partial charge in [0.25, 0.3) is 0 Å². The summed E-state index contributed by atoms with van der Waals surface area (Å²) in [4.78, 5) is 27.4. The number of nitrogens with zero attached hydrogens (tertiary/aromatic N) is 1. The van der Waals surface area contributed by atoms with E-state index in [4.69, 9.17) is 0 Å². The number of aryl methyl sites for hydroxylation is 1. The average molecular weight is 262 g/mol. The molecular formula is C14H18N2O3. The van der Waals surface area contributed by atoms with Crippen molar-refractivity contribution < 1.29 is 14.7 Å². The number of aromatic nitrogens is 1. The molecule has 1 amide bonds. The maximum atomic E-state index is 12.2. The third-order valence-corrected chi connectivity index (χ3v) is 3.75. The number of pyridine rings is 1. The van der Waals surface area contributed by atoms with E-state index in [1.165, 1.54) is 0 Å². The van der Waals surface area contributed by atoms with Gasteiger partial charge in [-0.1, -0.05) is 6.92 Å². The molecule has 0 bridgehead atoms. The first-order valence-electron chi connectivity index (χ1n) is 6.43. The molecule has 102 valence electrons. The van der Waals surface area contributed by atoms with Crippen LogP contribution < -0.4 is 5.32 Å². The number of amides is 1. The molecule has 2 N–H and O–H groups in total. The van der Waals surface area contributed by atoms with Gasteiger partial charge >= 0.3 is 5.97 Å². The van der Waals surface area contributed by atoms with Crippen LogP contribution in [0.5, 0.6) is 0 Å². The van der Waals surface area contributed by atoms with Crippen LogP contribution in [0.2, 0.25) is 0 Å². The van der Waals surface area contributed by atoms with Crippen LogP contribution in [-0.4, -0.2) is 22.0 Å². The average Bonchev–Trinajstić information content (AvgIpc) is 2.74. The third-order valence-electron chi connectivity index (χ3n) is 3.75. The molecule has 1 unspecified atom stereocenters. The number of anilines is 1. The molecule has 5 nitrogen and oxygen atoms in total. The number of hydrogen-bond acceptors (Lipinski definition) is 3. The maximum Gasteiger partial charge on any atom is 0.307 e. The lowest BCUT2D eigenvalue weighted by Crippen LogP contribution is -2.30. The summed E-state index contributed by atoms with van der Waals surface area (Å²) in [7, 11) is 0. The van der Waals surface area contributed by atoms with E-state index >= 15 is 0 Å². The number of carboxylic acids is 1. The van der Waals surface area contributed by atoms with Crippen molar-refractivity contribution >= 4 is 17.6 Å². The van der Waals surface area contributed by atoms with Crippen molar-refractivity contribution in [1.29, 1.82) is 0 Å². The summed E-state index contributed by atoms with van der Waals surface area (Å²) >= 11 is 0. The van der Waals surface area contributed by atoms with Gasteiger partial charge in [-0.2, -0.15) is 0 Å². The fourth-order valence-electron chi connectivity index (χ4n) is 2.67. The van der Waals surface area contributed by atoms with Gasteiger partial charge in [0, 0.05) is 6.20 Å². The van der Waals surface area contributed by atoms with Crippen LogP contribution in [-0.2, 0) is 9.59 Å². The molecule has 0 aromatic carbocycles. The highest BCUT2D eigenvalue weighted by atomic mass is 16.4. The third kappa shape index (κ3) is 2.92. The van der Waals surface area contributed by atoms with Crippen LogP contribution in [0.3, 0.4) is 0 Å². The highest BCUT2D eigenvalue weighted by Crippen LogP contribution is 2.37. The van der Waals surface area contributed by atoms with Crippen molar-refractivity contribution in [1.82, 2.24) is 4.98 Å². The number of hydrogen-bond donors (Lipinski definition) is 2. The van der Waals surface area contributed by atoms with Crippen LogP contribution >= 0.6 is 0 Å². The Kier molecular flexibility index (Phi) is 3.83. The molecule has 1 aromatic heterocycles. The van der Waals surface area contributed by atoms with Crippen molar-refractivity contribution in [2.45, 2.75) is 26.7 Å². The van der Waals surface area contributed by atoms with E-state index in [2.05, 4.69) is 10.3 Å². The predicted molar refractivity (Wildman–Crippen MR) is 70.6 cm³/mol. The van der Waals surface area contributed by atoms with Gasteiger partial charge < -0.3 is 10.4 Å². The van der Waals surface area contributed by atoms with Crippen molar-refractivity contribution in [3.8, 4) is 0 Å². The fourth-order valence-corrected chi connectivity index (χ4v) is 2.67. The number of rotatable bonds is 3. The van der Waals surface area contributed by atoms with Crippen LogP contribution in [0.15, 0.2) is 18.5 Å². The van der Waals surface area contributed by atoms with Crippen LogP contribution in [0.25, 0.3) is 0 Å².